The maximum atomic E-state index is 12.9. The van der Waals surface area contributed by atoms with Gasteiger partial charge in [0.2, 0.25) is 0 Å². The van der Waals surface area contributed by atoms with Gasteiger partial charge in [-0.1, -0.05) is 29.3 Å². The number of rotatable bonds is 1. The van der Waals surface area contributed by atoms with E-state index in [1.54, 1.807) is 26.0 Å². The molecule has 0 spiro atoms. The molecule has 0 atom stereocenters. The lowest BCUT2D eigenvalue weighted by Crippen LogP contribution is -2.05. The number of hydrogen-bond donors (Lipinski definition) is 0. The lowest BCUT2D eigenvalue weighted by atomic mass is 9.96. The Morgan fingerprint density at radius 1 is 0.900 bits per heavy atom. The molecule has 0 aliphatic rings. The SMILES string of the molecule is Cc1cc(-c2c(C)cc(Cl)cc2Cl)cc(C(F)(F)F)c1. The van der Waals surface area contributed by atoms with Crippen molar-refractivity contribution in [3.05, 3.63) is 57.1 Å². The number of hydrogen-bond acceptors (Lipinski definition) is 0. The van der Waals surface area contributed by atoms with E-state index in [9.17, 15) is 13.2 Å². The molecule has 0 N–H and O–H groups in total. The molecule has 0 unspecified atom stereocenters. The van der Waals surface area contributed by atoms with Crippen molar-refractivity contribution in [1.82, 2.24) is 0 Å². The van der Waals surface area contributed by atoms with Crippen molar-refractivity contribution in [2.45, 2.75) is 20.0 Å². The molecule has 0 aliphatic heterocycles. The molecule has 0 heterocycles. The summed E-state index contributed by atoms with van der Waals surface area (Å²) < 4.78 is 38.6. The first-order chi connectivity index (χ1) is 9.18. The van der Waals surface area contributed by atoms with Crippen molar-refractivity contribution in [2.24, 2.45) is 0 Å². The zero-order chi connectivity index (χ0) is 15.1. The largest absolute Gasteiger partial charge is 0.416 e. The van der Waals surface area contributed by atoms with Crippen molar-refractivity contribution < 1.29 is 13.2 Å². The summed E-state index contributed by atoms with van der Waals surface area (Å²) in [6, 6.07) is 7.11. The minimum atomic E-state index is -4.38. The Morgan fingerprint density at radius 3 is 2.10 bits per heavy atom. The lowest BCUT2D eigenvalue weighted by molar-refractivity contribution is -0.137. The summed E-state index contributed by atoms with van der Waals surface area (Å²) in [5.41, 5.74) is 1.60. The number of benzene rings is 2. The monoisotopic (exact) mass is 318 g/mol. The van der Waals surface area contributed by atoms with Crippen LogP contribution in [0.2, 0.25) is 10.0 Å². The Labute approximate surface area is 125 Å². The van der Waals surface area contributed by atoms with Gasteiger partial charge in [-0.3, -0.25) is 0 Å². The maximum absolute atomic E-state index is 12.9. The summed E-state index contributed by atoms with van der Waals surface area (Å²) in [6.07, 6.45) is -4.38. The molecule has 5 heteroatoms. The summed E-state index contributed by atoms with van der Waals surface area (Å²) in [5.74, 6) is 0. The van der Waals surface area contributed by atoms with E-state index in [0.717, 1.165) is 17.7 Å². The molecule has 0 bridgehead atoms. The van der Waals surface area contributed by atoms with Crippen LogP contribution in [0.3, 0.4) is 0 Å². The fourth-order valence-electron chi connectivity index (χ4n) is 2.16. The van der Waals surface area contributed by atoms with E-state index in [-0.39, 0.29) is 0 Å². The molecule has 0 saturated heterocycles. The second-order valence-corrected chi connectivity index (χ2v) is 5.51. The smallest absolute Gasteiger partial charge is 0.166 e. The predicted octanol–water partition coefficient (Wildman–Crippen LogP) is 6.30. The van der Waals surface area contributed by atoms with Crippen LogP contribution in [0.15, 0.2) is 30.3 Å². The third-order valence-corrected chi connectivity index (χ3v) is 3.46. The van der Waals surface area contributed by atoms with E-state index in [2.05, 4.69) is 0 Å². The fourth-order valence-corrected chi connectivity index (χ4v) is 2.86. The van der Waals surface area contributed by atoms with Crippen LogP contribution >= 0.6 is 23.2 Å². The van der Waals surface area contributed by atoms with Crippen molar-refractivity contribution in [3.8, 4) is 11.1 Å². The Bertz CT molecular complexity index is 638. The van der Waals surface area contributed by atoms with Crippen LogP contribution in [-0.4, -0.2) is 0 Å². The average Bonchev–Trinajstić information content (AvgIpc) is 2.25. The molecular formula is C15H11Cl2F3. The van der Waals surface area contributed by atoms with Gasteiger partial charge in [-0.15, -0.1) is 0 Å². The molecule has 0 aliphatic carbocycles. The zero-order valence-electron chi connectivity index (χ0n) is 10.8. The molecular weight excluding hydrogens is 308 g/mol. The topological polar surface area (TPSA) is 0 Å². The Balaban J connectivity index is 2.68. The Hall–Kier alpha value is -1.19. The van der Waals surface area contributed by atoms with Gasteiger partial charge in [-0.05, 0) is 54.8 Å². The van der Waals surface area contributed by atoms with E-state index < -0.39 is 11.7 Å². The summed E-state index contributed by atoms with van der Waals surface area (Å²) >= 11 is 12.0. The van der Waals surface area contributed by atoms with Crippen molar-refractivity contribution in [2.75, 3.05) is 0 Å². The highest BCUT2D eigenvalue weighted by Gasteiger charge is 2.31. The van der Waals surface area contributed by atoms with Crippen molar-refractivity contribution in [3.63, 3.8) is 0 Å². The van der Waals surface area contributed by atoms with Gasteiger partial charge in [0.15, 0.2) is 0 Å². The molecule has 0 fully saturated rings. The molecule has 20 heavy (non-hydrogen) atoms. The van der Waals surface area contributed by atoms with Gasteiger partial charge >= 0.3 is 6.18 Å². The van der Waals surface area contributed by atoms with E-state index >= 15 is 0 Å². The molecule has 2 aromatic rings. The van der Waals surface area contributed by atoms with Crippen molar-refractivity contribution >= 4 is 23.2 Å². The molecule has 2 rings (SSSR count). The van der Waals surface area contributed by atoms with E-state index in [1.807, 2.05) is 0 Å². The Kier molecular flexibility index (Phi) is 4.03. The normalized spacial score (nSPS) is 11.8. The summed E-state index contributed by atoms with van der Waals surface area (Å²) in [4.78, 5) is 0. The van der Waals surface area contributed by atoms with Gasteiger partial charge in [-0.25, -0.2) is 0 Å². The van der Waals surface area contributed by atoms with Crippen LogP contribution < -0.4 is 0 Å². The van der Waals surface area contributed by atoms with Gasteiger partial charge in [0.1, 0.15) is 0 Å². The number of aryl methyl sites for hydroxylation is 2. The maximum Gasteiger partial charge on any atom is 0.416 e. The van der Waals surface area contributed by atoms with E-state index in [0.29, 0.717) is 26.7 Å². The highest BCUT2D eigenvalue weighted by atomic mass is 35.5. The second kappa shape index (κ2) is 5.30. The van der Waals surface area contributed by atoms with Gasteiger partial charge < -0.3 is 0 Å². The van der Waals surface area contributed by atoms with Crippen LogP contribution in [0.1, 0.15) is 16.7 Å². The first-order valence-electron chi connectivity index (χ1n) is 5.83. The van der Waals surface area contributed by atoms with Crippen LogP contribution in [0, 0.1) is 13.8 Å². The fraction of sp³-hybridized carbons (Fsp3) is 0.200. The molecule has 0 aromatic heterocycles. The highest BCUT2D eigenvalue weighted by Crippen LogP contribution is 2.38. The molecule has 0 saturated carbocycles. The molecule has 106 valence electrons. The number of halogens is 5. The average molecular weight is 319 g/mol. The third kappa shape index (κ3) is 3.10. The first-order valence-corrected chi connectivity index (χ1v) is 6.59. The summed E-state index contributed by atoms with van der Waals surface area (Å²) in [5, 5.41) is 0.800. The highest BCUT2D eigenvalue weighted by molar-refractivity contribution is 6.36. The Morgan fingerprint density at radius 2 is 1.55 bits per heavy atom. The summed E-state index contributed by atoms with van der Waals surface area (Å²) in [6.45, 7) is 3.39. The van der Waals surface area contributed by atoms with Crippen LogP contribution in [0.4, 0.5) is 13.2 Å². The lowest BCUT2D eigenvalue weighted by Gasteiger charge is -2.14. The molecule has 0 nitrogen and oxygen atoms in total. The molecule has 0 radical (unpaired) electrons. The summed E-state index contributed by atoms with van der Waals surface area (Å²) in [7, 11) is 0. The van der Waals surface area contributed by atoms with E-state index in [4.69, 9.17) is 23.2 Å². The third-order valence-electron chi connectivity index (χ3n) is 2.95. The minimum absolute atomic E-state index is 0.341. The van der Waals surface area contributed by atoms with Gasteiger partial charge in [-0.2, -0.15) is 13.2 Å². The van der Waals surface area contributed by atoms with E-state index in [1.165, 1.54) is 6.07 Å². The predicted molar refractivity (Wildman–Crippen MR) is 76.4 cm³/mol. The standard InChI is InChI=1S/C15H11Cl2F3/c1-8-3-10(6-11(4-8)15(18,19)20)14-9(2)5-12(16)7-13(14)17/h3-7H,1-2H3. The molecule has 0 amide bonds. The van der Waals surface area contributed by atoms with Crippen LogP contribution in [-0.2, 0) is 6.18 Å². The zero-order valence-corrected chi connectivity index (χ0v) is 12.3. The van der Waals surface area contributed by atoms with Gasteiger partial charge in [0.25, 0.3) is 0 Å². The van der Waals surface area contributed by atoms with Crippen molar-refractivity contribution in [1.29, 1.82) is 0 Å². The van der Waals surface area contributed by atoms with Crippen LogP contribution in [0.5, 0.6) is 0 Å². The quantitative estimate of drug-likeness (QED) is 0.579. The molecule has 2 aromatic carbocycles. The van der Waals surface area contributed by atoms with Gasteiger partial charge in [0.05, 0.1) is 10.6 Å². The van der Waals surface area contributed by atoms with Crippen LogP contribution in [0.25, 0.3) is 11.1 Å². The second-order valence-electron chi connectivity index (χ2n) is 4.66. The van der Waals surface area contributed by atoms with Gasteiger partial charge in [0, 0.05) is 10.6 Å². The first kappa shape index (κ1) is 15.2. The number of alkyl halides is 3. The minimum Gasteiger partial charge on any atom is -0.166 e.